The molecule has 116 valence electrons. The third kappa shape index (κ3) is 2.19. The second kappa shape index (κ2) is 5.51. The first-order valence-corrected chi connectivity index (χ1v) is 7.32. The first-order valence-electron chi connectivity index (χ1n) is 7.32. The highest BCUT2D eigenvalue weighted by Crippen LogP contribution is 2.37. The van der Waals surface area contributed by atoms with Crippen molar-refractivity contribution in [3.05, 3.63) is 35.4 Å². The quantitative estimate of drug-likeness (QED) is 0.632. The number of hydrogen-bond donors (Lipinski definition) is 0. The number of rotatable bonds is 3. The van der Waals surface area contributed by atoms with Crippen LogP contribution in [0.4, 0.5) is 4.39 Å². The molecule has 1 fully saturated rings. The van der Waals surface area contributed by atoms with E-state index in [2.05, 4.69) is 0 Å². The minimum Gasteiger partial charge on any atom is -0.466 e. The predicted molar refractivity (Wildman–Crippen MR) is 75.0 cm³/mol. The van der Waals surface area contributed by atoms with E-state index in [1.165, 1.54) is 0 Å². The number of fused-ring (bicyclic) bond motifs is 1. The third-order valence-electron chi connectivity index (χ3n) is 4.23. The number of ether oxygens (including phenoxy) is 1. The molecule has 1 saturated carbocycles. The van der Waals surface area contributed by atoms with Crippen LogP contribution in [0.2, 0.25) is 0 Å². The lowest BCUT2D eigenvalue weighted by Gasteiger charge is -2.23. The van der Waals surface area contributed by atoms with Gasteiger partial charge in [-0.15, -0.1) is 0 Å². The van der Waals surface area contributed by atoms with Gasteiger partial charge in [0.05, 0.1) is 29.7 Å². The Morgan fingerprint density at radius 1 is 1.23 bits per heavy atom. The highest BCUT2D eigenvalue weighted by atomic mass is 19.1. The Kier molecular flexibility index (Phi) is 3.68. The Bertz CT molecular complexity index is 610. The van der Waals surface area contributed by atoms with Crippen molar-refractivity contribution in [1.82, 2.24) is 4.90 Å². The van der Waals surface area contributed by atoms with Gasteiger partial charge in [-0.3, -0.25) is 19.3 Å². The van der Waals surface area contributed by atoms with Gasteiger partial charge in [-0.1, -0.05) is 12.1 Å². The number of hydrogen-bond acceptors (Lipinski definition) is 4. The summed E-state index contributed by atoms with van der Waals surface area (Å²) in [6.45, 7) is 1.91. The number of alkyl halides is 1. The van der Waals surface area contributed by atoms with Gasteiger partial charge in [-0.2, -0.15) is 0 Å². The van der Waals surface area contributed by atoms with Gasteiger partial charge in [0.25, 0.3) is 11.8 Å². The lowest BCUT2D eigenvalue weighted by atomic mass is 10.1. The summed E-state index contributed by atoms with van der Waals surface area (Å²) in [5.74, 6) is -2.05. The third-order valence-corrected chi connectivity index (χ3v) is 4.23. The highest BCUT2D eigenvalue weighted by Gasteiger charge is 2.49. The molecule has 1 aromatic rings. The fourth-order valence-corrected chi connectivity index (χ4v) is 3.19. The number of halogens is 1. The van der Waals surface area contributed by atoms with Gasteiger partial charge in [0.1, 0.15) is 6.17 Å². The van der Waals surface area contributed by atoms with Crippen LogP contribution in [0.5, 0.6) is 0 Å². The van der Waals surface area contributed by atoms with E-state index in [-0.39, 0.29) is 19.4 Å². The van der Waals surface area contributed by atoms with Crippen LogP contribution in [-0.4, -0.2) is 41.5 Å². The van der Waals surface area contributed by atoms with Crippen LogP contribution in [0.25, 0.3) is 0 Å². The number of nitrogens with zero attached hydrogens (tertiary/aromatic N) is 1. The first-order chi connectivity index (χ1) is 10.5. The molecule has 3 atom stereocenters. The van der Waals surface area contributed by atoms with E-state index in [1.54, 1.807) is 31.2 Å². The lowest BCUT2D eigenvalue weighted by Crippen LogP contribution is -2.42. The van der Waals surface area contributed by atoms with E-state index in [0.717, 1.165) is 4.90 Å². The number of imide groups is 1. The molecule has 22 heavy (non-hydrogen) atoms. The van der Waals surface area contributed by atoms with Crippen molar-refractivity contribution in [2.45, 2.75) is 32.0 Å². The molecule has 0 aromatic heterocycles. The van der Waals surface area contributed by atoms with Crippen LogP contribution >= 0.6 is 0 Å². The van der Waals surface area contributed by atoms with Crippen molar-refractivity contribution in [2.24, 2.45) is 5.92 Å². The zero-order chi connectivity index (χ0) is 15.9. The molecule has 2 aliphatic rings. The molecule has 0 bridgehead atoms. The Labute approximate surface area is 127 Å². The van der Waals surface area contributed by atoms with Gasteiger partial charge >= 0.3 is 5.97 Å². The Morgan fingerprint density at radius 3 is 2.36 bits per heavy atom. The average molecular weight is 305 g/mol. The Hall–Kier alpha value is -2.24. The standard InChI is InChI=1S/C16H16FNO4/c1-2-22-16(21)9-7-12(17)13(8-9)18-14(19)10-5-3-4-6-11(10)15(18)20/h3-6,9,12-13H,2,7-8H2,1H3/t9-,12+,13+/m1/s1. The van der Waals surface area contributed by atoms with Crippen molar-refractivity contribution >= 4 is 17.8 Å². The second-order valence-corrected chi connectivity index (χ2v) is 5.53. The summed E-state index contributed by atoms with van der Waals surface area (Å²) >= 11 is 0. The lowest BCUT2D eigenvalue weighted by molar-refractivity contribution is -0.148. The van der Waals surface area contributed by atoms with Crippen molar-refractivity contribution in [2.75, 3.05) is 6.61 Å². The van der Waals surface area contributed by atoms with Gasteiger partial charge < -0.3 is 4.74 Å². The van der Waals surface area contributed by atoms with Crippen LogP contribution in [0.1, 0.15) is 40.5 Å². The molecule has 1 heterocycles. The SMILES string of the molecule is CCOC(=O)[C@@H]1C[C@H](F)[C@@H](N2C(=O)c3ccccc3C2=O)C1. The summed E-state index contributed by atoms with van der Waals surface area (Å²) in [6.07, 6.45) is -1.31. The van der Waals surface area contributed by atoms with Gasteiger partial charge in [-0.05, 0) is 31.9 Å². The zero-order valence-corrected chi connectivity index (χ0v) is 12.1. The molecule has 1 aromatic carbocycles. The van der Waals surface area contributed by atoms with Crippen LogP contribution in [0, 0.1) is 5.92 Å². The molecule has 2 amide bonds. The van der Waals surface area contributed by atoms with Gasteiger partial charge in [0, 0.05) is 0 Å². The molecule has 0 unspecified atom stereocenters. The Morgan fingerprint density at radius 2 is 1.82 bits per heavy atom. The molecule has 6 heteroatoms. The molecule has 5 nitrogen and oxygen atoms in total. The van der Waals surface area contributed by atoms with Crippen molar-refractivity contribution in [3.63, 3.8) is 0 Å². The van der Waals surface area contributed by atoms with Gasteiger partial charge in [0.2, 0.25) is 0 Å². The van der Waals surface area contributed by atoms with Crippen LogP contribution in [0.3, 0.4) is 0 Å². The number of carbonyl (C=O) groups is 3. The molecule has 1 aliphatic carbocycles. The second-order valence-electron chi connectivity index (χ2n) is 5.53. The summed E-state index contributed by atoms with van der Waals surface area (Å²) in [4.78, 5) is 37.5. The van der Waals surface area contributed by atoms with E-state index >= 15 is 0 Å². The molecule has 0 N–H and O–H groups in total. The average Bonchev–Trinajstić information content (AvgIpc) is 3.00. The van der Waals surface area contributed by atoms with E-state index in [9.17, 15) is 18.8 Å². The monoisotopic (exact) mass is 305 g/mol. The van der Waals surface area contributed by atoms with Crippen LogP contribution < -0.4 is 0 Å². The predicted octanol–water partition coefficient (Wildman–Crippen LogP) is 1.96. The topological polar surface area (TPSA) is 63.7 Å². The molecule has 1 aliphatic heterocycles. The maximum atomic E-state index is 14.3. The maximum absolute atomic E-state index is 14.3. The summed E-state index contributed by atoms with van der Waals surface area (Å²) in [7, 11) is 0. The van der Waals surface area contributed by atoms with Crippen molar-refractivity contribution in [1.29, 1.82) is 0 Å². The molecular weight excluding hydrogens is 289 g/mol. The number of amides is 2. The van der Waals surface area contributed by atoms with E-state index in [4.69, 9.17) is 4.74 Å². The van der Waals surface area contributed by atoms with E-state index < -0.39 is 35.9 Å². The molecule has 0 spiro atoms. The number of benzene rings is 1. The van der Waals surface area contributed by atoms with Crippen molar-refractivity contribution in [3.8, 4) is 0 Å². The van der Waals surface area contributed by atoms with Gasteiger partial charge in [-0.25, -0.2) is 4.39 Å². The van der Waals surface area contributed by atoms with Crippen molar-refractivity contribution < 1.29 is 23.5 Å². The molecule has 3 rings (SSSR count). The maximum Gasteiger partial charge on any atom is 0.309 e. The van der Waals surface area contributed by atoms with Crippen LogP contribution in [-0.2, 0) is 9.53 Å². The smallest absolute Gasteiger partial charge is 0.309 e. The van der Waals surface area contributed by atoms with Gasteiger partial charge in [0.15, 0.2) is 0 Å². The summed E-state index contributed by atoms with van der Waals surface area (Å²) < 4.78 is 19.2. The van der Waals surface area contributed by atoms with E-state index in [0.29, 0.717) is 11.1 Å². The summed E-state index contributed by atoms with van der Waals surface area (Å²) in [5, 5.41) is 0. The fourth-order valence-electron chi connectivity index (χ4n) is 3.19. The minimum absolute atomic E-state index is 0.0170. The molecular formula is C16H16FNO4. The molecule has 0 radical (unpaired) electrons. The molecule has 0 saturated heterocycles. The summed E-state index contributed by atoms with van der Waals surface area (Å²) in [6, 6.07) is 5.54. The normalized spacial score (nSPS) is 27.2. The Balaban J connectivity index is 1.83. The first kappa shape index (κ1) is 14.7. The highest BCUT2D eigenvalue weighted by molar-refractivity contribution is 6.21. The largest absolute Gasteiger partial charge is 0.466 e. The summed E-state index contributed by atoms with van der Waals surface area (Å²) in [5.41, 5.74) is 0.582. The number of carbonyl (C=O) groups excluding carboxylic acids is 3. The zero-order valence-electron chi connectivity index (χ0n) is 12.1. The minimum atomic E-state index is -1.41. The fraction of sp³-hybridized carbons (Fsp3) is 0.438. The van der Waals surface area contributed by atoms with E-state index in [1.807, 2.05) is 0 Å². The number of esters is 1. The van der Waals surface area contributed by atoms with Crippen LogP contribution in [0.15, 0.2) is 24.3 Å².